The highest BCUT2D eigenvalue weighted by molar-refractivity contribution is 5.99. The number of rotatable bonds is 6. The standard InChI is InChI=1S/C21H25N3O4/c1-12-5-4-6-14(7-12)13(2)24-10-15(8-17(21(24)28)20(27)22-3)19(26)23-18-9-16(18)11-25/h4-8,10,13,16,18,25H,9,11H2,1-3H3,(H,22,27)(H,23,26)/t13-,16-,18+/m0/s1. The first-order chi connectivity index (χ1) is 13.3. The van der Waals surface area contributed by atoms with Crippen LogP contribution < -0.4 is 16.2 Å². The summed E-state index contributed by atoms with van der Waals surface area (Å²) in [5.41, 5.74) is 1.67. The van der Waals surface area contributed by atoms with Crippen molar-refractivity contribution >= 4 is 11.8 Å². The molecule has 1 aromatic heterocycles. The van der Waals surface area contributed by atoms with E-state index in [1.165, 1.54) is 23.9 Å². The average Bonchev–Trinajstić information content (AvgIpc) is 3.45. The van der Waals surface area contributed by atoms with Crippen LogP contribution in [0.4, 0.5) is 0 Å². The van der Waals surface area contributed by atoms with E-state index in [-0.39, 0.29) is 41.6 Å². The van der Waals surface area contributed by atoms with Crippen LogP contribution in [0.3, 0.4) is 0 Å². The number of hydrogen-bond donors (Lipinski definition) is 3. The Kier molecular flexibility index (Phi) is 5.65. The smallest absolute Gasteiger partial charge is 0.264 e. The number of aliphatic hydroxyl groups is 1. The van der Waals surface area contributed by atoms with Crippen LogP contribution in [0.1, 0.15) is 51.2 Å². The monoisotopic (exact) mass is 383 g/mol. The largest absolute Gasteiger partial charge is 0.396 e. The fourth-order valence-electron chi connectivity index (χ4n) is 3.28. The summed E-state index contributed by atoms with van der Waals surface area (Å²) in [6.07, 6.45) is 2.22. The molecule has 7 heteroatoms. The highest BCUT2D eigenvalue weighted by atomic mass is 16.3. The summed E-state index contributed by atoms with van der Waals surface area (Å²) in [6.45, 7) is 3.85. The van der Waals surface area contributed by atoms with E-state index in [4.69, 9.17) is 5.11 Å². The topological polar surface area (TPSA) is 100 Å². The first-order valence-electron chi connectivity index (χ1n) is 9.32. The van der Waals surface area contributed by atoms with Gasteiger partial charge in [0.05, 0.1) is 11.6 Å². The molecule has 1 aliphatic rings. The van der Waals surface area contributed by atoms with Crippen molar-refractivity contribution in [2.45, 2.75) is 32.4 Å². The Bertz CT molecular complexity index is 966. The molecule has 1 aromatic carbocycles. The van der Waals surface area contributed by atoms with Crippen LogP contribution in [-0.4, -0.2) is 41.2 Å². The van der Waals surface area contributed by atoms with Crippen molar-refractivity contribution in [3.05, 3.63) is 69.1 Å². The molecule has 3 N–H and O–H groups in total. The molecule has 0 radical (unpaired) electrons. The van der Waals surface area contributed by atoms with Crippen molar-refractivity contribution in [2.24, 2.45) is 5.92 Å². The second-order valence-electron chi connectivity index (χ2n) is 7.28. The normalized spacial score (nSPS) is 19.0. The number of amides is 2. The fraction of sp³-hybridized carbons (Fsp3) is 0.381. The molecule has 0 bridgehead atoms. The average molecular weight is 383 g/mol. The molecule has 2 amide bonds. The molecule has 3 atom stereocenters. The molecule has 1 saturated carbocycles. The minimum Gasteiger partial charge on any atom is -0.396 e. The van der Waals surface area contributed by atoms with Gasteiger partial charge in [0, 0.05) is 31.8 Å². The van der Waals surface area contributed by atoms with E-state index in [0.717, 1.165) is 17.5 Å². The zero-order chi connectivity index (χ0) is 20.4. The number of hydrogen-bond acceptors (Lipinski definition) is 4. The molecule has 0 saturated heterocycles. The summed E-state index contributed by atoms with van der Waals surface area (Å²) in [6, 6.07) is 8.65. The zero-order valence-electron chi connectivity index (χ0n) is 16.2. The van der Waals surface area contributed by atoms with Gasteiger partial charge < -0.3 is 20.3 Å². The number of aryl methyl sites for hydroxylation is 1. The highest BCUT2D eigenvalue weighted by Crippen LogP contribution is 2.29. The first-order valence-corrected chi connectivity index (χ1v) is 9.32. The molecule has 0 unspecified atom stereocenters. The Balaban J connectivity index is 2.02. The van der Waals surface area contributed by atoms with Crippen LogP contribution in [0.15, 0.2) is 41.3 Å². The number of carbonyl (C=O) groups excluding carboxylic acids is 2. The third-order valence-corrected chi connectivity index (χ3v) is 5.19. The van der Waals surface area contributed by atoms with E-state index in [9.17, 15) is 14.4 Å². The molecule has 148 valence electrons. The Morgan fingerprint density at radius 3 is 2.64 bits per heavy atom. The lowest BCUT2D eigenvalue weighted by Gasteiger charge is -2.18. The lowest BCUT2D eigenvalue weighted by Crippen LogP contribution is -2.35. The quantitative estimate of drug-likeness (QED) is 0.699. The number of carbonyl (C=O) groups is 2. The van der Waals surface area contributed by atoms with Crippen LogP contribution in [0, 0.1) is 12.8 Å². The molecular weight excluding hydrogens is 358 g/mol. The molecule has 2 aromatic rings. The van der Waals surface area contributed by atoms with Gasteiger partial charge in [0.25, 0.3) is 17.4 Å². The number of aliphatic hydroxyl groups excluding tert-OH is 1. The SMILES string of the molecule is CNC(=O)c1cc(C(=O)N[C@@H]2C[C@H]2CO)cn([C@@H](C)c2cccc(C)c2)c1=O. The summed E-state index contributed by atoms with van der Waals surface area (Å²) in [7, 11) is 1.44. The van der Waals surface area contributed by atoms with Crippen LogP contribution >= 0.6 is 0 Å². The summed E-state index contributed by atoms with van der Waals surface area (Å²) in [5, 5.41) is 14.5. The summed E-state index contributed by atoms with van der Waals surface area (Å²) in [5.74, 6) is -0.833. The van der Waals surface area contributed by atoms with E-state index in [1.807, 2.05) is 38.1 Å². The molecule has 0 aliphatic heterocycles. The van der Waals surface area contributed by atoms with Gasteiger partial charge in [0.1, 0.15) is 5.56 Å². The van der Waals surface area contributed by atoms with Crippen molar-refractivity contribution in [1.82, 2.24) is 15.2 Å². The second-order valence-corrected chi connectivity index (χ2v) is 7.28. The van der Waals surface area contributed by atoms with Gasteiger partial charge in [0.2, 0.25) is 0 Å². The van der Waals surface area contributed by atoms with E-state index in [1.54, 1.807) is 0 Å². The molecular formula is C21H25N3O4. The fourth-order valence-corrected chi connectivity index (χ4v) is 3.28. The minimum atomic E-state index is -0.538. The van der Waals surface area contributed by atoms with Crippen LogP contribution in [0.25, 0.3) is 0 Å². The molecule has 7 nitrogen and oxygen atoms in total. The van der Waals surface area contributed by atoms with E-state index in [2.05, 4.69) is 10.6 Å². The Labute approximate surface area is 163 Å². The summed E-state index contributed by atoms with van der Waals surface area (Å²) in [4.78, 5) is 37.8. The molecule has 1 fully saturated rings. The van der Waals surface area contributed by atoms with Crippen molar-refractivity contribution in [3.8, 4) is 0 Å². The van der Waals surface area contributed by atoms with Gasteiger partial charge in [-0.3, -0.25) is 14.4 Å². The van der Waals surface area contributed by atoms with Crippen molar-refractivity contribution in [3.63, 3.8) is 0 Å². The number of aromatic nitrogens is 1. The summed E-state index contributed by atoms with van der Waals surface area (Å²) < 4.78 is 1.42. The number of benzene rings is 1. The number of nitrogens with one attached hydrogen (secondary N) is 2. The molecule has 0 spiro atoms. The van der Waals surface area contributed by atoms with Gasteiger partial charge in [-0.05, 0) is 31.9 Å². The van der Waals surface area contributed by atoms with Crippen LogP contribution in [-0.2, 0) is 0 Å². The van der Waals surface area contributed by atoms with Gasteiger partial charge in [-0.1, -0.05) is 29.8 Å². The van der Waals surface area contributed by atoms with Gasteiger partial charge in [0.15, 0.2) is 0 Å². The lowest BCUT2D eigenvalue weighted by atomic mass is 10.0. The highest BCUT2D eigenvalue weighted by Gasteiger charge is 2.37. The number of pyridine rings is 1. The minimum absolute atomic E-state index is 0.0261. The predicted octanol–water partition coefficient (Wildman–Crippen LogP) is 1.24. The maximum Gasteiger partial charge on any atom is 0.264 e. The van der Waals surface area contributed by atoms with Crippen molar-refractivity contribution in [1.29, 1.82) is 0 Å². The molecule has 28 heavy (non-hydrogen) atoms. The third kappa shape index (κ3) is 3.99. The molecule has 1 heterocycles. The van der Waals surface area contributed by atoms with Crippen LogP contribution in [0.5, 0.6) is 0 Å². The second kappa shape index (κ2) is 7.98. The van der Waals surface area contributed by atoms with E-state index < -0.39 is 11.5 Å². The Morgan fingerprint density at radius 1 is 1.29 bits per heavy atom. The predicted molar refractivity (Wildman–Crippen MR) is 106 cm³/mol. The first kappa shape index (κ1) is 19.8. The van der Waals surface area contributed by atoms with Gasteiger partial charge in [-0.2, -0.15) is 0 Å². The van der Waals surface area contributed by atoms with Crippen molar-refractivity contribution < 1.29 is 14.7 Å². The Hall–Kier alpha value is -2.93. The maximum atomic E-state index is 12.9. The maximum absolute atomic E-state index is 12.9. The third-order valence-electron chi connectivity index (χ3n) is 5.19. The Morgan fingerprint density at radius 2 is 2.04 bits per heavy atom. The van der Waals surface area contributed by atoms with Gasteiger partial charge >= 0.3 is 0 Å². The van der Waals surface area contributed by atoms with Crippen molar-refractivity contribution in [2.75, 3.05) is 13.7 Å². The number of nitrogens with zero attached hydrogens (tertiary/aromatic N) is 1. The lowest BCUT2D eigenvalue weighted by molar-refractivity contribution is 0.0946. The molecule has 1 aliphatic carbocycles. The van der Waals surface area contributed by atoms with Gasteiger partial charge in [-0.15, -0.1) is 0 Å². The zero-order valence-corrected chi connectivity index (χ0v) is 16.2. The van der Waals surface area contributed by atoms with Gasteiger partial charge in [-0.25, -0.2) is 0 Å². The van der Waals surface area contributed by atoms with Crippen LogP contribution in [0.2, 0.25) is 0 Å². The summed E-state index contributed by atoms with van der Waals surface area (Å²) >= 11 is 0. The van der Waals surface area contributed by atoms with E-state index in [0.29, 0.717) is 0 Å². The molecule has 3 rings (SSSR count). The van der Waals surface area contributed by atoms with E-state index >= 15 is 0 Å².